The van der Waals surface area contributed by atoms with Crippen molar-refractivity contribution in [1.82, 2.24) is 5.32 Å². The fourth-order valence-corrected chi connectivity index (χ4v) is 2.13. The Morgan fingerprint density at radius 3 is 2.57 bits per heavy atom. The van der Waals surface area contributed by atoms with Crippen LogP contribution in [-0.2, 0) is 6.42 Å². The molecule has 3 nitrogen and oxygen atoms in total. The summed E-state index contributed by atoms with van der Waals surface area (Å²) < 4.78 is 13.2. The van der Waals surface area contributed by atoms with Gasteiger partial charge in [-0.2, -0.15) is 0 Å². The zero-order valence-electron chi connectivity index (χ0n) is 12.0. The third-order valence-corrected chi connectivity index (χ3v) is 3.35. The first-order valence-electron chi connectivity index (χ1n) is 6.95. The van der Waals surface area contributed by atoms with Crippen molar-refractivity contribution in [2.24, 2.45) is 5.73 Å². The van der Waals surface area contributed by atoms with E-state index in [-0.39, 0.29) is 17.8 Å². The zero-order chi connectivity index (χ0) is 15.2. The molecule has 1 atom stereocenters. The van der Waals surface area contributed by atoms with E-state index < -0.39 is 0 Å². The molecule has 0 fully saturated rings. The maximum absolute atomic E-state index is 13.2. The lowest BCUT2D eigenvalue weighted by Crippen LogP contribution is -2.26. The van der Waals surface area contributed by atoms with Crippen LogP contribution >= 0.6 is 0 Å². The van der Waals surface area contributed by atoms with Crippen molar-refractivity contribution < 1.29 is 9.18 Å². The van der Waals surface area contributed by atoms with Gasteiger partial charge in [-0.05, 0) is 55.3 Å². The average molecular weight is 286 g/mol. The molecule has 2 aromatic carbocycles. The SMILES string of the molecule is CC(NC(=O)c1ccc(CCN)cc1)c1cccc(F)c1. The average Bonchev–Trinajstić information content (AvgIpc) is 2.48. The topological polar surface area (TPSA) is 55.1 Å². The number of nitrogens with one attached hydrogen (secondary N) is 1. The molecule has 2 rings (SSSR count). The molecule has 0 heterocycles. The Kier molecular flexibility index (Phi) is 5.06. The highest BCUT2D eigenvalue weighted by Crippen LogP contribution is 2.14. The second-order valence-corrected chi connectivity index (χ2v) is 4.99. The van der Waals surface area contributed by atoms with Crippen molar-refractivity contribution in [2.45, 2.75) is 19.4 Å². The van der Waals surface area contributed by atoms with E-state index in [1.165, 1.54) is 12.1 Å². The summed E-state index contributed by atoms with van der Waals surface area (Å²) in [6.45, 7) is 2.41. The fraction of sp³-hybridized carbons (Fsp3) is 0.235. The van der Waals surface area contributed by atoms with E-state index in [0.717, 1.165) is 17.5 Å². The summed E-state index contributed by atoms with van der Waals surface area (Å²) in [4.78, 5) is 12.2. The highest BCUT2D eigenvalue weighted by Gasteiger charge is 2.11. The molecule has 0 aliphatic rings. The molecule has 0 aliphatic heterocycles. The van der Waals surface area contributed by atoms with Crippen molar-refractivity contribution in [1.29, 1.82) is 0 Å². The van der Waals surface area contributed by atoms with Gasteiger partial charge in [0.15, 0.2) is 0 Å². The normalized spacial score (nSPS) is 12.0. The monoisotopic (exact) mass is 286 g/mol. The van der Waals surface area contributed by atoms with Gasteiger partial charge in [-0.15, -0.1) is 0 Å². The quantitative estimate of drug-likeness (QED) is 0.888. The molecule has 2 aromatic rings. The standard InChI is InChI=1S/C17H19FN2O/c1-12(15-3-2-4-16(18)11-15)20-17(21)14-7-5-13(6-8-14)9-10-19/h2-8,11-12H,9-10,19H2,1H3,(H,20,21). The van der Waals surface area contributed by atoms with Crippen LogP contribution < -0.4 is 11.1 Å². The third kappa shape index (κ3) is 4.13. The van der Waals surface area contributed by atoms with Gasteiger partial charge in [0.1, 0.15) is 5.82 Å². The highest BCUT2D eigenvalue weighted by molar-refractivity contribution is 5.94. The van der Waals surface area contributed by atoms with Crippen molar-refractivity contribution in [3.05, 3.63) is 71.0 Å². The Hall–Kier alpha value is -2.20. The Bertz CT molecular complexity index is 610. The number of carbonyl (C=O) groups is 1. The van der Waals surface area contributed by atoms with E-state index in [1.54, 1.807) is 24.3 Å². The van der Waals surface area contributed by atoms with Crippen LogP contribution in [0.25, 0.3) is 0 Å². The summed E-state index contributed by atoms with van der Waals surface area (Å²) in [6, 6.07) is 13.3. The minimum atomic E-state index is -0.306. The minimum absolute atomic E-state index is 0.175. The van der Waals surface area contributed by atoms with E-state index in [4.69, 9.17) is 5.73 Å². The summed E-state index contributed by atoms with van der Waals surface area (Å²) in [6.07, 6.45) is 0.793. The maximum atomic E-state index is 13.2. The van der Waals surface area contributed by atoms with Crippen LogP contribution in [0.15, 0.2) is 48.5 Å². The molecule has 0 bridgehead atoms. The van der Waals surface area contributed by atoms with Gasteiger partial charge in [0.25, 0.3) is 5.91 Å². The zero-order valence-corrected chi connectivity index (χ0v) is 12.0. The van der Waals surface area contributed by atoms with Gasteiger partial charge in [0.2, 0.25) is 0 Å². The Morgan fingerprint density at radius 2 is 1.95 bits per heavy atom. The van der Waals surface area contributed by atoms with Crippen LogP contribution in [0.5, 0.6) is 0 Å². The summed E-state index contributed by atoms with van der Waals surface area (Å²) in [5.41, 5.74) is 7.92. The summed E-state index contributed by atoms with van der Waals surface area (Å²) in [5.74, 6) is -0.481. The Morgan fingerprint density at radius 1 is 1.24 bits per heavy atom. The van der Waals surface area contributed by atoms with Crippen LogP contribution in [0.1, 0.15) is 34.5 Å². The predicted octanol–water partition coefficient (Wildman–Crippen LogP) is 2.82. The van der Waals surface area contributed by atoms with E-state index in [0.29, 0.717) is 12.1 Å². The van der Waals surface area contributed by atoms with Crippen molar-refractivity contribution in [3.63, 3.8) is 0 Å². The lowest BCUT2D eigenvalue weighted by atomic mass is 10.1. The van der Waals surface area contributed by atoms with E-state index in [2.05, 4.69) is 5.32 Å². The predicted molar refractivity (Wildman–Crippen MR) is 81.5 cm³/mol. The van der Waals surface area contributed by atoms with Gasteiger partial charge in [-0.25, -0.2) is 4.39 Å². The van der Waals surface area contributed by atoms with Crippen LogP contribution in [0, 0.1) is 5.82 Å². The number of hydrogen-bond donors (Lipinski definition) is 2. The van der Waals surface area contributed by atoms with E-state index >= 15 is 0 Å². The molecular weight excluding hydrogens is 267 g/mol. The lowest BCUT2D eigenvalue weighted by Gasteiger charge is -2.14. The molecule has 0 aliphatic carbocycles. The van der Waals surface area contributed by atoms with Gasteiger partial charge in [-0.3, -0.25) is 4.79 Å². The van der Waals surface area contributed by atoms with Crippen molar-refractivity contribution >= 4 is 5.91 Å². The summed E-state index contributed by atoms with van der Waals surface area (Å²) in [7, 11) is 0. The molecule has 4 heteroatoms. The number of halogens is 1. The molecular formula is C17H19FN2O. The third-order valence-electron chi connectivity index (χ3n) is 3.35. The first-order valence-corrected chi connectivity index (χ1v) is 6.95. The molecule has 0 aromatic heterocycles. The smallest absolute Gasteiger partial charge is 0.251 e. The van der Waals surface area contributed by atoms with Crippen LogP contribution in [0.3, 0.4) is 0 Å². The number of carbonyl (C=O) groups excluding carboxylic acids is 1. The Balaban J connectivity index is 2.03. The number of benzene rings is 2. The van der Waals surface area contributed by atoms with Gasteiger partial charge in [0.05, 0.1) is 6.04 Å². The first-order chi connectivity index (χ1) is 10.1. The van der Waals surface area contributed by atoms with Crippen LogP contribution in [0.2, 0.25) is 0 Å². The van der Waals surface area contributed by atoms with Gasteiger partial charge in [-0.1, -0.05) is 24.3 Å². The van der Waals surface area contributed by atoms with Crippen molar-refractivity contribution in [2.75, 3.05) is 6.54 Å². The second-order valence-electron chi connectivity index (χ2n) is 4.99. The molecule has 0 spiro atoms. The lowest BCUT2D eigenvalue weighted by molar-refractivity contribution is 0.0940. The number of hydrogen-bond acceptors (Lipinski definition) is 2. The second kappa shape index (κ2) is 6.99. The number of rotatable bonds is 5. The number of amides is 1. The van der Waals surface area contributed by atoms with Gasteiger partial charge >= 0.3 is 0 Å². The molecule has 1 unspecified atom stereocenters. The molecule has 0 saturated carbocycles. The minimum Gasteiger partial charge on any atom is -0.346 e. The summed E-state index contributed by atoms with van der Waals surface area (Å²) >= 11 is 0. The van der Waals surface area contributed by atoms with Crippen molar-refractivity contribution in [3.8, 4) is 0 Å². The Labute approximate surface area is 124 Å². The van der Waals surface area contributed by atoms with E-state index in [1.807, 2.05) is 19.1 Å². The molecule has 3 N–H and O–H groups in total. The van der Waals surface area contributed by atoms with Gasteiger partial charge in [0, 0.05) is 5.56 Å². The largest absolute Gasteiger partial charge is 0.346 e. The molecule has 0 radical (unpaired) electrons. The first kappa shape index (κ1) is 15.2. The van der Waals surface area contributed by atoms with Crippen LogP contribution in [-0.4, -0.2) is 12.5 Å². The maximum Gasteiger partial charge on any atom is 0.251 e. The highest BCUT2D eigenvalue weighted by atomic mass is 19.1. The summed E-state index contributed by atoms with van der Waals surface area (Å²) in [5, 5.41) is 2.86. The van der Waals surface area contributed by atoms with E-state index in [9.17, 15) is 9.18 Å². The van der Waals surface area contributed by atoms with Gasteiger partial charge < -0.3 is 11.1 Å². The molecule has 110 valence electrons. The fourth-order valence-electron chi connectivity index (χ4n) is 2.13. The molecule has 21 heavy (non-hydrogen) atoms. The van der Waals surface area contributed by atoms with Crippen LogP contribution in [0.4, 0.5) is 4.39 Å². The molecule has 1 amide bonds. The molecule has 0 saturated heterocycles. The number of nitrogens with two attached hydrogens (primary N) is 1.